The molecule has 2 aromatic carbocycles. The number of para-hydroxylation sites is 2. The third-order valence-electron chi connectivity index (χ3n) is 7.99. The minimum Gasteiger partial charge on any atom is -0.255 e. The average molecular weight is 699 g/mol. The van der Waals surface area contributed by atoms with Gasteiger partial charge in [-0.05, 0) is 61.8 Å². The van der Waals surface area contributed by atoms with Gasteiger partial charge < -0.3 is 0 Å². The molecule has 0 aliphatic heterocycles. The van der Waals surface area contributed by atoms with Gasteiger partial charge in [-0.3, -0.25) is 9.98 Å². The number of aryl methyl sites for hydroxylation is 2. The minimum atomic E-state index is 0. The van der Waals surface area contributed by atoms with Crippen LogP contribution in [-0.2, 0) is 33.3 Å². The van der Waals surface area contributed by atoms with Crippen molar-refractivity contribution in [3.63, 3.8) is 0 Å². The molecule has 0 N–H and O–H groups in total. The van der Waals surface area contributed by atoms with Gasteiger partial charge in [0.1, 0.15) is 0 Å². The molecule has 0 atom stereocenters. The summed E-state index contributed by atoms with van der Waals surface area (Å²) >= 11 is 0. The Morgan fingerprint density at radius 3 is 1.53 bits per heavy atom. The molecule has 2 nitrogen and oxygen atoms in total. The van der Waals surface area contributed by atoms with Crippen molar-refractivity contribution in [2.45, 2.75) is 156 Å². The van der Waals surface area contributed by atoms with Crippen LogP contribution in [0.25, 0.3) is 0 Å². The summed E-state index contributed by atoms with van der Waals surface area (Å²) < 4.78 is 0. The Bertz CT molecular complexity index is 1200. The Morgan fingerprint density at radius 2 is 0.978 bits per heavy atom. The van der Waals surface area contributed by atoms with E-state index in [0.717, 1.165) is 74.9 Å². The first-order valence-electron chi connectivity index (χ1n) is 18.0. The number of aliphatic imine (C=N–C) groups is 2. The summed E-state index contributed by atoms with van der Waals surface area (Å²) in [6.45, 7) is 6.77. The Labute approximate surface area is 291 Å². The number of hydrogen-bond donors (Lipinski definition) is 0. The molecule has 2 rings (SSSR count). The monoisotopic (exact) mass is 698 g/mol. The molecule has 0 amide bonds. The fraction of sp³-hybridized carbons (Fsp3) is 0.571. The molecular weight excluding hydrogens is 639 g/mol. The second kappa shape index (κ2) is 29.0. The maximum Gasteiger partial charge on any atom is 0.0665 e. The van der Waals surface area contributed by atoms with Gasteiger partial charge in [-0.1, -0.05) is 128 Å². The molecular formula is C42H60N2Pd. The molecule has 0 aromatic heterocycles. The Hall–Kier alpha value is -2.44. The number of rotatable bonds is 22. The van der Waals surface area contributed by atoms with E-state index < -0.39 is 0 Å². The zero-order valence-electron chi connectivity index (χ0n) is 28.8. The third-order valence-corrected chi connectivity index (χ3v) is 7.99. The van der Waals surface area contributed by atoms with Crippen LogP contribution in [0.2, 0.25) is 0 Å². The predicted molar refractivity (Wildman–Crippen MR) is 196 cm³/mol. The molecule has 0 radical (unpaired) electrons. The summed E-state index contributed by atoms with van der Waals surface area (Å²) in [7, 11) is 0. The summed E-state index contributed by atoms with van der Waals surface area (Å²) in [5.41, 5.74) is 5.65. The normalized spacial score (nSPS) is 11.0. The van der Waals surface area contributed by atoms with Crippen LogP contribution in [0.15, 0.2) is 58.5 Å². The standard InChI is InChI=1S/C42H60N2.Pd/c1-4-7-10-12-14-16-18-20-22-24-30-38-32-26-28-35-41(38)43-37-40(34-9-6-3)44-42-36-29-27-33-39(42)31-25-23-21-19-17-15-13-11-8-5-2;/h26-29,32-33,35-37H,4-19,24-25,30-31,34H2,1-3H3;. The van der Waals surface area contributed by atoms with E-state index in [4.69, 9.17) is 9.98 Å². The van der Waals surface area contributed by atoms with Crippen LogP contribution >= 0.6 is 0 Å². The van der Waals surface area contributed by atoms with Crippen molar-refractivity contribution in [3.05, 3.63) is 59.7 Å². The molecule has 0 bridgehead atoms. The van der Waals surface area contributed by atoms with Gasteiger partial charge in [-0.25, -0.2) is 0 Å². The summed E-state index contributed by atoms with van der Waals surface area (Å²) in [5, 5.41) is 0. The zero-order chi connectivity index (χ0) is 31.3. The summed E-state index contributed by atoms with van der Waals surface area (Å²) in [4.78, 5) is 10.1. The van der Waals surface area contributed by atoms with E-state index in [-0.39, 0.29) is 20.4 Å². The van der Waals surface area contributed by atoms with Crippen LogP contribution in [0.1, 0.15) is 154 Å². The van der Waals surface area contributed by atoms with Gasteiger partial charge in [-0.2, -0.15) is 0 Å². The average Bonchev–Trinajstić information content (AvgIpc) is 3.05. The van der Waals surface area contributed by atoms with E-state index in [1.54, 1.807) is 0 Å². The van der Waals surface area contributed by atoms with Gasteiger partial charge in [0.2, 0.25) is 0 Å². The Balaban J connectivity index is 0.0000101. The molecule has 3 heteroatoms. The predicted octanol–water partition coefficient (Wildman–Crippen LogP) is 12.7. The van der Waals surface area contributed by atoms with Crippen molar-refractivity contribution in [1.29, 1.82) is 0 Å². The van der Waals surface area contributed by atoms with Crippen molar-refractivity contribution < 1.29 is 20.4 Å². The number of hydrogen-bond acceptors (Lipinski definition) is 2. The number of unbranched alkanes of at least 4 members (excludes halogenated alkanes) is 13. The first-order valence-corrected chi connectivity index (χ1v) is 18.0. The summed E-state index contributed by atoms with van der Waals surface area (Å²) in [5.74, 6) is 13.6. The van der Waals surface area contributed by atoms with E-state index >= 15 is 0 Å². The van der Waals surface area contributed by atoms with Crippen molar-refractivity contribution in [2.24, 2.45) is 9.98 Å². The van der Waals surface area contributed by atoms with Crippen LogP contribution in [-0.4, -0.2) is 11.9 Å². The van der Waals surface area contributed by atoms with Gasteiger partial charge in [0, 0.05) is 52.3 Å². The van der Waals surface area contributed by atoms with Crippen molar-refractivity contribution in [1.82, 2.24) is 0 Å². The molecule has 2 aromatic rings. The quantitative estimate of drug-likeness (QED) is 0.0506. The topological polar surface area (TPSA) is 24.7 Å². The Kier molecular flexibility index (Phi) is 26.2. The van der Waals surface area contributed by atoms with Gasteiger partial charge in [0.15, 0.2) is 0 Å². The van der Waals surface area contributed by atoms with E-state index in [1.807, 2.05) is 6.21 Å². The van der Waals surface area contributed by atoms with Crippen LogP contribution in [0, 0.1) is 23.7 Å². The first-order chi connectivity index (χ1) is 21.8. The second-order valence-electron chi connectivity index (χ2n) is 12.0. The smallest absolute Gasteiger partial charge is 0.0665 e. The van der Waals surface area contributed by atoms with Crippen molar-refractivity contribution in [2.75, 3.05) is 0 Å². The van der Waals surface area contributed by atoms with Crippen molar-refractivity contribution >= 4 is 23.3 Å². The van der Waals surface area contributed by atoms with Crippen LogP contribution in [0.4, 0.5) is 11.4 Å². The molecule has 0 saturated carbocycles. The molecule has 0 aliphatic carbocycles. The van der Waals surface area contributed by atoms with Crippen LogP contribution < -0.4 is 0 Å². The molecule has 248 valence electrons. The van der Waals surface area contributed by atoms with Crippen LogP contribution in [0.3, 0.4) is 0 Å². The van der Waals surface area contributed by atoms with E-state index in [2.05, 4.69) is 93.0 Å². The van der Waals surface area contributed by atoms with Crippen LogP contribution in [0.5, 0.6) is 0 Å². The minimum absolute atomic E-state index is 0. The molecule has 0 unspecified atom stereocenters. The zero-order valence-corrected chi connectivity index (χ0v) is 30.3. The molecule has 0 fully saturated rings. The largest absolute Gasteiger partial charge is 0.255 e. The molecule has 0 aliphatic rings. The number of nitrogens with zero attached hydrogens (tertiary/aromatic N) is 2. The molecule has 0 saturated heterocycles. The molecule has 45 heavy (non-hydrogen) atoms. The third kappa shape index (κ3) is 20.3. The molecule has 0 spiro atoms. The van der Waals surface area contributed by atoms with Gasteiger partial charge in [0.05, 0.1) is 17.1 Å². The SMILES string of the molecule is CCCCCCCCC#CCCc1ccccc1N=CC(CCCC)=Nc1ccccc1CCC#CCCCCCCCC.[Pd]. The Morgan fingerprint density at radius 1 is 0.533 bits per heavy atom. The maximum atomic E-state index is 5.13. The van der Waals surface area contributed by atoms with E-state index in [9.17, 15) is 0 Å². The van der Waals surface area contributed by atoms with Gasteiger partial charge in [-0.15, -0.1) is 23.7 Å². The first kappa shape index (κ1) is 40.6. The van der Waals surface area contributed by atoms with Crippen molar-refractivity contribution in [3.8, 4) is 23.7 Å². The maximum absolute atomic E-state index is 5.13. The second-order valence-corrected chi connectivity index (χ2v) is 12.0. The molecule has 0 heterocycles. The fourth-order valence-corrected chi connectivity index (χ4v) is 5.22. The fourth-order valence-electron chi connectivity index (χ4n) is 5.22. The summed E-state index contributed by atoms with van der Waals surface area (Å²) in [6.07, 6.45) is 26.7. The van der Waals surface area contributed by atoms with Gasteiger partial charge in [0.25, 0.3) is 0 Å². The summed E-state index contributed by atoms with van der Waals surface area (Å²) in [6, 6.07) is 17.0. The number of benzene rings is 2. The van der Waals surface area contributed by atoms with E-state index in [1.165, 1.54) is 88.2 Å². The van der Waals surface area contributed by atoms with E-state index in [0.29, 0.717) is 0 Å². The van der Waals surface area contributed by atoms with Gasteiger partial charge >= 0.3 is 0 Å².